The minimum atomic E-state index is 0.633. The molecule has 0 amide bonds. The van der Waals surface area contributed by atoms with Crippen molar-refractivity contribution in [2.24, 2.45) is 0 Å². The first-order chi connectivity index (χ1) is 7.86. The molecule has 1 N–H and O–H groups in total. The first kappa shape index (κ1) is 12.7. The summed E-state index contributed by atoms with van der Waals surface area (Å²) in [6.07, 6.45) is 6.55. The lowest BCUT2D eigenvalue weighted by Gasteiger charge is -2.06. The van der Waals surface area contributed by atoms with E-state index in [0.717, 1.165) is 19.6 Å². The smallest absolute Gasteiger partial charge is 0.225 e. The highest BCUT2D eigenvalue weighted by atomic mass is 16.5. The third kappa shape index (κ3) is 4.96. The summed E-state index contributed by atoms with van der Waals surface area (Å²) in [5.74, 6) is 1.29. The van der Waals surface area contributed by atoms with Gasteiger partial charge in [-0.2, -0.15) is 4.98 Å². The molecule has 0 aliphatic rings. The number of nitrogens with one attached hydrogen (secondary N) is 1. The van der Waals surface area contributed by atoms with Crippen LogP contribution in [-0.4, -0.2) is 23.1 Å². The Morgan fingerprint density at radius 3 is 2.88 bits per heavy atom. The molecular weight excluding hydrogens is 202 g/mol. The largest absolute Gasteiger partial charge is 0.478 e. The third-order valence-corrected chi connectivity index (χ3v) is 2.21. The molecule has 0 radical (unpaired) electrons. The van der Waals surface area contributed by atoms with Gasteiger partial charge in [-0.15, -0.1) is 0 Å². The van der Waals surface area contributed by atoms with E-state index in [1.807, 2.05) is 6.92 Å². The van der Waals surface area contributed by atoms with E-state index in [2.05, 4.69) is 22.2 Å². The second kappa shape index (κ2) is 7.91. The molecule has 1 aromatic rings. The molecule has 0 atom stereocenters. The summed E-state index contributed by atoms with van der Waals surface area (Å²) in [7, 11) is 0. The number of rotatable bonds is 8. The summed E-state index contributed by atoms with van der Waals surface area (Å²) in [5, 5.41) is 3.06. The fourth-order valence-electron chi connectivity index (χ4n) is 1.37. The summed E-state index contributed by atoms with van der Waals surface area (Å²) in [4.78, 5) is 8.32. The van der Waals surface area contributed by atoms with Gasteiger partial charge in [0, 0.05) is 18.8 Å². The van der Waals surface area contributed by atoms with Crippen molar-refractivity contribution in [3.8, 4) is 5.88 Å². The van der Waals surface area contributed by atoms with Gasteiger partial charge in [0.2, 0.25) is 11.8 Å². The van der Waals surface area contributed by atoms with Crippen molar-refractivity contribution in [1.29, 1.82) is 0 Å². The second-order valence-electron chi connectivity index (χ2n) is 3.66. The van der Waals surface area contributed by atoms with E-state index in [0.29, 0.717) is 11.8 Å². The number of hydrogen-bond acceptors (Lipinski definition) is 4. The zero-order chi connectivity index (χ0) is 11.6. The van der Waals surface area contributed by atoms with Crippen molar-refractivity contribution in [3.05, 3.63) is 12.3 Å². The molecule has 90 valence electrons. The van der Waals surface area contributed by atoms with E-state index in [-0.39, 0.29) is 0 Å². The van der Waals surface area contributed by atoms with E-state index >= 15 is 0 Å². The Bertz CT molecular complexity index is 291. The van der Waals surface area contributed by atoms with Crippen molar-refractivity contribution in [3.63, 3.8) is 0 Å². The van der Waals surface area contributed by atoms with Gasteiger partial charge >= 0.3 is 0 Å². The van der Waals surface area contributed by atoms with Gasteiger partial charge in [-0.3, -0.25) is 0 Å². The standard InChI is InChI=1S/C12H21N3O/c1-3-5-6-7-10-16-11-8-9-14-12(15-11)13-4-2/h8-9H,3-7,10H2,1-2H3,(H,13,14,15). The lowest BCUT2D eigenvalue weighted by Crippen LogP contribution is -2.04. The van der Waals surface area contributed by atoms with Gasteiger partial charge in [0.15, 0.2) is 0 Å². The topological polar surface area (TPSA) is 47.0 Å². The van der Waals surface area contributed by atoms with Gasteiger partial charge < -0.3 is 10.1 Å². The average Bonchev–Trinajstić information content (AvgIpc) is 2.30. The molecular formula is C12H21N3O. The lowest BCUT2D eigenvalue weighted by molar-refractivity contribution is 0.294. The normalized spacial score (nSPS) is 10.1. The summed E-state index contributed by atoms with van der Waals surface area (Å²) in [6, 6.07) is 1.79. The van der Waals surface area contributed by atoms with E-state index < -0.39 is 0 Å². The number of anilines is 1. The molecule has 0 fully saturated rings. The monoisotopic (exact) mass is 223 g/mol. The van der Waals surface area contributed by atoms with Crippen LogP contribution in [-0.2, 0) is 0 Å². The molecule has 0 bridgehead atoms. The molecule has 0 saturated carbocycles. The van der Waals surface area contributed by atoms with Gasteiger partial charge in [0.25, 0.3) is 0 Å². The summed E-state index contributed by atoms with van der Waals surface area (Å²) >= 11 is 0. The van der Waals surface area contributed by atoms with Crippen LogP contribution in [0.5, 0.6) is 5.88 Å². The van der Waals surface area contributed by atoms with Gasteiger partial charge in [-0.25, -0.2) is 4.98 Å². The third-order valence-electron chi connectivity index (χ3n) is 2.21. The molecule has 1 rings (SSSR count). The minimum Gasteiger partial charge on any atom is -0.478 e. The van der Waals surface area contributed by atoms with E-state index in [4.69, 9.17) is 4.74 Å². The van der Waals surface area contributed by atoms with Crippen LogP contribution in [0.1, 0.15) is 39.5 Å². The highest BCUT2D eigenvalue weighted by Gasteiger charge is 1.98. The van der Waals surface area contributed by atoms with Crippen LogP contribution in [0, 0.1) is 0 Å². The van der Waals surface area contributed by atoms with Crippen LogP contribution < -0.4 is 10.1 Å². The quantitative estimate of drug-likeness (QED) is 0.688. The van der Waals surface area contributed by atoms with Crippen molar-refractivity contribution in [2.75, 3.05) is 18.5 Å². The minimum absolute atomic E-state index is 0.633. The second-order valence-corrected chi connectivity index (χ2v) is 3.66. The van der Waals surface area contributed by atoms with Crippen LogP contribution in [0.25, 0.3) is 0 Å². The van der Waals surface area contributed by atoms with Crippen molar-refractivity contribution in [1.82, 2.24) is 9.97 Å². The van der Waals surface area contributed by atoms with E-state index in [1.54, 1.807) is 12.3 Å². The highest BCUT2D eigenvalue weighted by Crippen LogP contribution is 2.09. The predicted molar refractivity (Wildman–Crippen MR) is 65.8 cm³/mol. The fraction of sp³-hybridized carbons (Fsp3) is 0.667. The van der Waals surface area contributed by atoms with Gasteiger partial charge in [-0.1, -0.05) is 26.2 Å². The van der Waals surface area contributed by atoms with E-state index in [9.17, 15) is 0 Å². The number of hydrogen-bond donors (Lipinski definition) is 1. The van der Waals surface area contributed by atoms with Crippen LogP contribution >= 0.6 is 0 Å². The number of nitrogens with zero attached hydrogens (tertiary/aromatic N) is 2. The Balaban J connectivity index is 2.27. The van der Waals surface area contributed by atoms with Crippen LogP contribution in [0.3, 0.4) is 0 Å². The lowest BCUT2D eigenvalue weighted by atomic mass is 10.2. The number of aromatic nitrogens is 2. The molecule has 16 heavy (non-hydrogen) atoms. The van der Waals surface area contributed by atoms with Gasteiger partial charge in [0.05, 0.1) is 6.61 Å². The van der Waals surface area contributed by atoms with Crippen molar-refractivity contribution >= 4 is 5.95 Å². The van der Waals surface area contributed by atoms with Crippen molar-refractivity contribution < 1.29 is 4.74 Å². The maximum absolute atomic E-state index is 5.55. The van der Waals surface area contributed by atoms with E-state index in [1.165, 1.54) is 19.3 Å². The Kier molecular flexibility index (Phi) is 6.30. The fourth-order valence-corrected chi connectivity index (χ4v) is 1.37. The Labute approximate surface area is 97.5 Å². The molecule has 0 aromatic carbocycles. The maximum atomic E-state index is 5.55. The summed E-state index contributed by atoms with van der Waals surface area (Å²) in [6.45, 7) is 5.78. The Morgan fingerprint density at radius 2 is 2.12 bits per heavy atom. The molecule has 1 aromatic heterocycles. The molecule has 0 aliphatic carbocycles. The van der Waals surface area contributed by atoms with Gasteiger partial charge in [-0.05, 0) is 13.3 Å². The van der Waals surface area contributed by atoms with Crippen LogP contribution in [0.15, 0.2) is 12.3 Å². The highest BCUT2D eigenvalue weighted by molar-refractivity contribution is 5.26. The Hall–Kier alpha value is -1.32. The molecule has 0 unspecified atom stereocenters. The molecule has 4 nitrogen and oxygen atoms in total. The molecule has 1 heterocycles. The van der Waals surface area contributed by atoms with Crippen LogP contribution in [0.2, 0.25) is 0 Å². The van der Waals surface area contributed by atoms with Crippen molar-refractivity contribution in [2.45, 2.75) is 39.5 Å². The number of unbranched alkanes of at least 4 members (excludes halogenated alkanes) is 3. The summed E-state index contributed by atoms with van der Waals surface area (Å²) < 4.78 is 5.55. The first-order valence-electron chi connectivity index (χ1n) is 6.06. The zero-order valence-corrected chi connectivity index (χ0v) is 10.2. The van der Waals surface area contributed by atoms with Crippen LogP contribution in [0.4, 0.5) is 5.95 Å². The SMILES string of the molecule is CCCCCCOc1ccnc(NCC)n1. The molecule has 4 heteroatoms. The first-order valence-corrected chi connectivity index (χ1v) is 6.06. The Morgan fingerprint density at radius 1 is 1.25 bits per heavy atom. The zero-order valence-electron chi connectivity index (χ0n) is 10.2. The predicted octanol–water partition coefficient (Wildman–Crippen LogP) is 2.87. The molecule has 0 saturated heterocycles. The molecule has 0 spiro atoms. The summed E-state index contributed by atoms with van der Waals surface area (Å²) in [5.41, 5.74) is 0. The maximum Gasteiger partial charge on any atom is 0.225 e. The number of ether oxygens (including phenoxy) is 1. The molecule has 0 aliphatic heterocycles. The van der Waals surface area contributed by atoms with Gasteiger partial charge in [0.1, 0.15) is 0 Å². The average molecular weight is 223 g/mol.